The van der Waals surface area contributed by atoms with E-state index in [9.17, 15) is 0 Å². The number of nitrogens with one attached hydrogen (secondary N) is 1. The van der Waals surface area contributed by atoms with E-state index in [0.717, 1.165) is 0 Å². The summed E-state index contributed by atoms with van der Waals surface area (Å²) < 4.78 is 2.60. The van der Waals surface area contributed by atoms with Gasteiger partial charge in [0.25, 0.3) is 5.82 Å². The maximum Gasteiger partial charge on any atom is 0.257 e. The predicted molar refractivity (Wildman–Crippen MR) is 147 cm³/mol. The number of hydrogen-bond acceptors (Lipinski definition) is 0. The smallest absolute Gasteiger partial charge is 0.247 e. The molecule has 0 aromatic carbocycles. The van der Waals surface area contributed by atoms with Gasteiger partial charge in [-0.2, -0.15) is 0 Å². The van der Waals surface area contributed by atoms with Gasteiger partial charge in [-0.3, -0.25) is 0 Å². The molecule has 0 bridgehead atoms. The van der Waals surface area contributed by atoms with Crippen LogP contribution < -0.4 is 4.57 Å². The molecular formula is C31H61N2+. The van der Waals surface area contributed by atoms with Gasteiger partial charge in [0, 0.05) is 0 Å². The summed E-state index contributed by atoms with van der Waals surface area (Å²) in [5.41, 5.74) is 0. The van der Waals surface area contributed by atoms with Crippen molar-refractivity contribution in [2.24, 2.45) is 0 Å². The van der Waals surface area contributed by atoms with Gasteiger partial charge in [-0.25, -0.2) is 9.55 Å². The van der Waals surface area contributed by atoms with Crippen molar-refractivity contribution < 1.29 is 4.57 Å². The Kier molecular flexibility index (Phi) is 19.9. The average Bonchev–Trinajstić information content (AvgIpc) is 3.31. The molecule has 1 aromatic heterocycles. The quantitative estimate of drug-likeness (QED) is 0.117. The maximum atomic E-state index is 3.70. The molecule has 194 valence electrons. The third-order valence-electron chi connectivity index (χ3n) is 7.64. The molecule has 2 unspecified atom stereocenters. The molecule has 2 nitrogen and oxygen atoms in total. The Morgan fingerprint density at radius 2 is 0.970 bits per heavy atom. The highest BCUT2D eigenvalue weighted by Gasteiger charge is 2.25. The van der Waals surface area contributed by atoms with E-state index < -0.39 is 0 Å². The first-order valence-electron chi connectivity index (χ1n) is 15.3. The zero-order chi connectivity index (χ0) is 24.0. The number of hydrogen-bond donors (Lipinski definition) is 1. The van der Waals surface area contributed by atoms with Crippen molar-refractivity contribution in [2.75, 3.05) is 0 Å². The van der Waals surface area contributed by atoms with Crippen LogP contribution >= 0.6 is 0 Å². The zero-order valence-electron chi connectivity index (χ0n) is 23.3. The fraction of sp³-hybridized carbons (Fsp3) is 0.903. The van der Waals surface area contributed by atoms with Crippen LogP contribution in [-0.4, -0.2) is 4.98 Å². The highest BCUT2D eigenvalue weighted by atomic mass is 15.1. The number of H-pyrrole nitrogens is 1. The molecular weight excluding hydrogens is 400 g/mol. The van der Waals surface area contributed by atoms with Gasteiger partial charge in [-0.1, -0.05) is 136 Å². The summed E-state index contributed by atoms with van der Waals surface area (Å²) in [5.74, 6) is 2.24. The van der Waals surface area contributed by atoms with Crippen LogP contribution in [0.15, 0.2) is 12.4 Å². The lowest BCUT2D eigenvalue weighted by Gasteiger charge is -2.17. The molecule has 2 heteroatoms. The van der Waals surface area contributed by atoms with Crippen molar-refractivity contribution in [2.45, 2.75) is 181 Å². The van der Waals surface area contributed by atoms with E-state index in [2.05, 4.69) is 49.6 Å². The Bertz CT molecular complexity index is 521. The third kappa shape index (κ3) is 14.9. The number of rotatable bonds is 24. The van der Waals surface area contributed by atoms with E-state index in [0.29, 0.717) is 12.0 Å². The SMILES string of the molecule is CCCCCCCCCCC(CCCCCCC)c1[nH]cc[n+]1C(C)CCCCCCCC. The van der Waals surface area contributed by atoms with Gasteiger partial charge in [0.1, 0.15) is 12.4 Å². The van der Waals surface area contributed by atoms with Crippen molar-refractivity contribution in [1.29, 1.82) is 0 Å². The van der Waals surface area contributed by atoms with Crippen LogP contribution in [0.25, 0.3) is 0 Å². The van der Waals surface area contributed by atoms with Crippen molar-refractivity contribution >= 4 is 0 Å². The molecule has 0 radical (unpaired) electrons. The van der Waals surface area contributed by atoms with Crippen LogP contribution in [0, 0.1) is 0 Å². The van der Waals surface area contributed by atoms with Gasteiger partial charge in [-0.15, -0.1) is 0 Å². The van der Waals surface area contributed by atoms with E-state index in [1.165, 1.54) is 147 Å². The van der Waals surface area contributed by atoms with Crippen LogP contribution in [0.4, 0.5) is 0 Å². The summed E-state index contributed by atoms with van der Waals surface area (Å²) in [4.78, 5) is 3.70. The zero-order valence-corrected chi connectivity index (χ0v) is 23.3. The van der Waals surface area contributed by atoms with Gasteiger partial charge < -0.3 is 0 Å². The third-order valence-corrected chi connectivity index (χ3v) is 7.64. The number of unbranched alkanes of at least 4 members (excludes halogenated alkanes) is 16. The Morgan fingerprint density at radius 3 is 1.42 bits per heavy atom. The number of nitrogens with zero attached hydrogens (tertiary/aromatic N) is 1. The molecule has 0 aliphatic rings. The Labute approximate surface area is 208 Å². The first kappa shape index (κ1) is 30.2. The van der Waals surface area contributed by atoms with Crippen LogP contribution in [-0.2, 0) is 0 Å². The summed E-state index contributed by atoms with van der Waals surface area (Å²) in [6, 6.07) is 0.624. The standard InChI is InChI=1S/C31H60N2/c1-5-8-11-14-16-17-20-23-26-30(25-22-18-13-10-7-3)31-32-27-28-33(31)29(4)24-21-19-15-12-9-6-2/h27-30H,5-26H2,1-4H3/p+1. The topological polar surface area (TPSA) is 19.7 Å². The molecule has 1 heterocycles. The van der Waals surface area contributed by atoms with Crippen LogP contribution in [0.3, 0.4) is 0 Å². The van der Waals surface area contributed by atoms with Crippen molar-refractivity contribution in [1.82, 2.24) is 4.98 Å². The fourth-order valence-electron chi connectivity index (χ4n) is 5.37. The highest BCUT2D eigenvalue weighted by molar-refractivity contribution is 4.90. The molecule has 33 heavy (non-hydrogen) atoms. The lowest BCUT2D eigenvalue weighted by molar-refractivity contribution is -0.727. The lowest BCUT2D eigenvalue weighted by Crippen LogP contribution is -2.41. The molecule has 1 N–H and O–H groups in total. The summed E-state index contributed by atoms with van der Waals surface area (Å²) in [7, 11) is 0. The number of imidazole rings is 1. The summed E-state index contributed by atoms with van der Waals surface area (Å²) >= 11 is 0. The molecule has 0 amide bonds. The second kappa shape index (κ2) is 21.7. The van der Waals surface area contributed by atoms with Crippen molar-refractivity contribution in [3.05, 3.63) is 18.2 Å². The van der Waals surface area contributed by atoms with Gasteiger partial charge in [-0.05, 0) is 32.6 Å². The van der Waals surface area contributed by atoms with E-state index in [1.807, 2.05) is 0 Å². The Hall–Kier alpha value is -0.790. The van der Waals surface area contributed by atoms with E-state index in [-0.39, 0.29) is 0 Å². The molecule has 1 aromatic rings. The molecule has 2 atom stereocenters. The summed E-state index contributed by atoms with van der Waals surface area (Å²) in [6.45, 7) is 9.37. The molecule has 0 saturated carbocycles. The molecule has 0 fully saturated rings. The van der Waals surface area contributed by atoms with Crippen molar-refractivity contribution in [3.8, 4) is 0 Å². The van der Waals surface area contributed by atoms with Gasteiger partial charge in [0.2, 0.25) is 0 Å². The highest BCUT2D eigenvalue weighted by Crippen LogP contribution is 2.27. The van der Waals surface area contributed by atoms with E-state index >= 15 is 0 Å². The fourth-order valence-corrected chi connectivity index (χ4v) is 5.37. The normalized spacial score (nSPS) is 13.5. The second-order valence-corrected chi connectivity index (χ2v) is 10.8. The monoisotopic (exact) mass is 461 g/mol. The summed E-state index contributed by atoms with van der Waals surface area (Å²) in [6.07, 6.45) is 35.3. The maximum absolute atomic E-state index is 3.70. The Balaban J connectivity index is 2.51. The van der Waals surface area contributed by atoms with Gasteiger partial charge in [0.15, 0.2) is 0 Å². The first-order chi connectivity index (χ1) is 16.2. The van der Waals surface area contributed by atoms with E-state index in [1.54, 1.807) is 0 Å². The molecule has 0 aliphatic heterocycles. The second-order valence-electron chi connectivity index (χ2n) is 10.8. The van der Waals surface area contributed by atoms with Gasteiger partial charge >= 0.3 is 0 Å². The van der Waals surface area contributed by atoms with Crippen LogP contribution in [0.1, 0.15) is 187 Å². The minimum absolute atomic E-state index is 0.624. The van der Waals surface area contributed by atoms with Crippen LogP contribution in [0.2, 0.25) is 0 Å². The lowest BCUT2D eigenvalue weighted by atomic mass is 9.93. The molecule has 1 rings (SSSR count). The predicted octanol–water partition coefficient (Wildman–Crippen LogP) is 10.6. The number of aromatic nitrogens is 2. The number of aromatic amines is 1. The summed E-state index contributed by atoms with van der Waals surface area (Å²) in [5, 5.41) is 0. The minimum atomic E-state index is 0.624. The van der Waals surface area contributed by atoms with Crippen molar-refractivity contribution in [3.63, 3.8) is 0 Å². The van der Waals surface area contributed by atoms with E-state index in [4.69, 9.17) is 0 Å². The first-order valence-corrected chi connectivity index (χ1v) is 15.3. The molecule has 0 saturated heterocycles. The molecule has 0 spiro atoms. The average molecular weight is 462 g/mol. The minimum Gasteiger partial charge on any atom is -0.247 e. The Morgan fingerprint density at radius 1 is 0.576 bits per heavy atom. The van der Waals surface area contributed by atoms with Gasteiger partial charge in [0.05, 0.1) is 12.0 Å². The largest absolute Gasteiger partial charge is 0.257 e. The van der Waals surface area contributed by atoms with Crippen LogP contribution in [0.5, 0.6) is 0 Å². The molecule has 0 aliphatic carbocycles.